The number of aromatic nitrogens is 4. The minimum Gasteiger partial charge on any atom is -0.311 e. The van der Waals surface area contributed by atoms with Crippen molar-refractivity contribution >= 4 is 10.8 Å². The Bertz CT molecular complexity index is 714. The second-order valence-corrected chi connectivity index (χ2v) is 4.76. The Morgan fingerprint density at radius 2 is 2.05 bits per heavy atom. The van der Waals surface area contributed by atoms with Crippen LogP contribution >= 0.6 is 0 Å². The largest absolute Gasteiger partial charge is 0.311 e. The summed E-state index contributed by atoms with van der Waals surface area (Å²) < 4.78 is 1.80. The maximum Gasteiger partial charge on any atom is 0.138 e. The topological polar surface area (TPSA) is 55.6 Å². The van der Waals surface area contributed by atoms with Crippen LogP contribution < -0.4 is 5.32 Å². The number of hydrogen-bond acceptors (Lipinski definition) is 4. The molecular formula is C15H17N5. The smallest absolute Gasteiger partial charge is 0.138 e. The van der Waals surface area contributed by atoms with Crippen LogP contribution in [-0.4, -0.2) is 26.8 Å². The molecule has 3 rings (SSSR count). The number of pyridine rings is 1. The molecule has 3 aromatic rings. The van der Waals surface area contributed by atoms with Crippen molar-refractivity contribution in [1.82, 2.24) is 25.1 Å². The Kier molecular flexibility index (Phi) is 3.43. The van der Waals surface area contributed by atoms with E-state index in [-0.39, 0.29) is 6.04 Å². The molecule has 20 heavy (non-hydrogen) atoms. The lowest BCUT2D eigenvalue weighted by Crippen LogP contribution is -2.22. The molecule has 1 atom stereocenters. The highest BCUT2D eigenvalue weighted by Crippen LogP contribution is 2.23. The molecule has 1 N–H and O–H groups in total. The van der Waals surface area contributed by atoms with E-state index in [4.69, 9.17) is 0 Å². The Labute approximate surface area is 117 Å². The molecule has 5 nitrogen and oxygen atoms in total. The fourth-order valence-corrected chi connectivity index (χ4v) is 2.44. The lowest BCUT2D eigenvalue weighted by atomic mass is 10.0. The van der Waals surface area contributed by atoms with Gasteiger partial charge in [-0.15, -0.1) is 0 Å². The summed E-state index contributed by atoms with van der Waals surface area (Å²) in [6.07, 6.45) is 4.20. The zero-order valence-corrected chi connectivity index (χ0v) is 11.6. The van der Waals surface area contributed by atoms with Gasteiger partial charge < -0.3 is 5.32 Å². The minimum absolute atomic E-state index is 0.115. The van der Waals surface area contributed by atoms with Crippen LogP contribution in [0.4, 0.5) is 0 Å². The number of aryl methyl sites for hydroxylation is 1. The van der Waals surface area contributed by atoms with Crippen molar-refractivity contribution in [2.75, 3.05) is 7.05 Å². The fraction of sp³-hybridized carbons (Fsp3) is 0.267. The minimum atomic E-state index is 0.115. The van der Waals surface area contributed by atoms with Crippen LogP contribution in [0.1, 0.15) is 17.6 Å². The van der Waals surface area contributed by atoms with Gasteiger partial charge in [-0.25, -0.2) is 4.98 Å². The summed E-state index contributed by atoms with van der Waals surface area (Å²) in [7, 11) is 3.86. The van der Waals surface area contributed by atoms with Gasteiger partial charge in [0.2, 0.25) is 0 Å². The van der Waals surface area contributed by atoms with Crippen molar-refractivity contribution in [1.29, 1.82) is 0 Å². The number of nitrogens with one attached hydrogen (secondary N) is 1. The molecule has 2 aromatic heterocycles. The molecule has 2 heterocycles. The highest BCUT2D eigenvalue weighted by atomic mass is 15.3. The van der Waals surface area contributed by atoms with E-state index in [1.165, 1.54) is 10.8 Å². The van der Waals surface area contributed by atoms with Crippen molar-refractivity contribution in [2.24, 2.45) is 7.05 Å². The van der Waals surface area contributed by atoms with Gasteiger partial charge in [-0.2, -0.15) is 5.10 Å². The van der Waals surface area contributed by atoms with E-state index in [2.05, 4.69) is 32.5 Å². The molecule has 0 fully saturated rings. The first kappa shape index (κ1) is 12.7. The van der Waals surface area contributed by atoms with Crippen molar-refractivity contribution in [2.45, 2.75) is 12.5 Å². The number of hydrogen-bond donors (Lipinski definition) is 1. The van der Waals surface area contributed by atoms with E-state index in [0.717, 1.165) is 17.9 Å². The van der Waals surface area contributed by atoms with Gasteiger partial charge in [0.1, 0.15) is 12.2 Å². The Morgan fingerprint density at radius 3 is 2.80 bits per heavy atom. The fourth-order valence-electron chi connectivity index (χ4n) is 2.44. The molecule has 0 saturated heterocycles. The van der Waals surface area contributed by atoms with Gasteiger partial charge in [0, 0.05) is 25.1 Å². The monoisotopic (exact) mass is 267 g/mol. The Hall–Kier alpha value is -2.27. The number of fused-ring (bicyclic) bond motifs is 1. The van der Waals surface area contributed by atoms with Crippen LogP contribution in [0.25, 0.3) is 10.8 Å². The summed E-state index contributed by atoms with van der Waals surface area (Å²) >= 11 is 0. The molecule has 0 aliphatic rings. The molecule has 0 spiro atoms. The van der Waals surface area contributed by atoms with E-state index in [9.17, 15) is 0 Å². The van der Waals surface area contributed by atoms with Crippen molar-refractivity contribution in [3.63, 3.8) is 0 Å². The van der Waals surface area contributed by atoms with Crippen LogP contribution in [0.5, 0.6) is 0 Å². The molecule has 0 aliphatic carbocycles. The molecule has 0 amide bonds. The third-order valence-electron chi connectivity index (χ3n) is 3.57. The van der Waals surface area contributed by atoms with E-state index < -0.39 is 0 Å². The summed E-state index contributed by atoms with van der Waals surface area (Å²) in [6.45, 7) is 0. The number of likely N-dealkylation sites (N-methyl/N-ethyl adjacent to an activating group) is 1. The van der Waals surface area contributed by atoms with Gasteiger partial charge in [-0.05, 0) is 18.5 Å². The predicted molar refractivity (Wildman–Crippen MR) is 78.3 cm³/mol. The van der Waals surface area contributed by atoms with Gasteiger partial charge in [-0.3, -0.25) is 9.67 Å². The molecule has 0 bridgehead atoms. The maximum atomic E-state index is 4.57. The number of rotatable bonds is 4. The first-order chi connectivity index (χ1) is 9.79. The van der Waals surface area contributed by atoms with E-state index in [1.54, 1.807) is 11.0 Å². The van der Waals surface area contributed by atoms with Gasteiger partial charge in [0.25, 0.3) is 0 Å². The van der Waals surface area contributed by atoms with Gasteiger partial charge in [0.05, 0.1) is 11.7 Å². The predicted octanol–water partition coefficient (Wildman–Crippen LogP) is 1.87. The van der Waals surface area contributed by atoms with E-state index in [1.807, 2.05) is 38.5 Å². The maximum absolute atomic E-state index is 4.57. The van der Waals surface area contributed by atoms with Crippen LogP contribution in [-0.2, 0) is 13.5 Å². The molecule has 0 radical (unpaired) electrons. The van der Waals surface area contributed by atoms with Crippen LogP contribution in [0.15, 0.2) is 42.9 Å². The first-order valence-corrected chi connectivity index (χ1v) is 6.63. The second-order valence-electron chi connectivity index (χ2n) is 4.76. The number of nitrogens with zero attached hydrogens (tertiary/aromatic N) is 4. The quantitative estimate of drug-likeness (QED) is 0.784. The zero-order chi connectivity index (χ0) is 13.9. The average molecular weight is 267 g/mol. The highest BCUT2D eigenvalue weighted by Gasteiger charge is 2.16. The lowest BCUT2D eigenvalue weighted by Gasteiger charge is -2.17. The average Bonchev–Trinajstić information content (AvgIpc) is 2.89. The first-order valence-electron chi connectivity index (χ1n) is 6.63. The molecular weight excluding hydrogens is 250 g/mol. The van der Waals surface area contributed by atoms with Gasteiger partial charge in [0.15, 0.2) is 0 Å². The van der Waals surface area contributed by atoms with E-state index >= 15 is 0 Å². The Balaban J connectivity index is 2.01. The number of benzene rings is 1. The molecule has 5 heteroatoms. The standard InChI is InChI=1S/C15H17N5/c1-16-13(9-14-18-10-19-20(14)2)15-12-6-4-3-5-11(12)7-8-17-15/h3-8,10,13,16H,9H2,1-2H3. The SMILES string of the molecule is CNC(Cc1ncnn1C)c1nccc2ccccc12. The van der Waals surface area contributed by atoms with E-state index in [0.29, 0.717) is 0 Å². The van der Waals surface area contributed by atoms with Crippen LogP contribution in [0.3, 0.4) is 0 Å². The summed E-state index contributed by atoms with van der Waals surface area (Å²) in [4.78, 5) is 8.86. The summed E-state index contributed by atoms with van der Waals surface area (Å²) in [6, 6.07) is 10.5. The zero-order valence-electron chi connectivity index (χ0n) is 11.6. The van der Waals surface area contributed by atoms with Crippen molar-refractivity contribution < 1.29 is 0 Å². The van der Waals surface area contributed by atoms with Gasteiger partial charge in [-0.1, -0.05) is 24.3 Å². The Morgan fingerprint density at radius 1 is 1.20 bits per heavy atom. The van der Waals surface area contributed by atoms with Crippen LogP contribution in [0, 0.1) is 0 Å². The second kappa shape index (κ2) is 5.38. The molecule has 0 aliphatic heterocycles. The molecule has 1 unspecified atom stereocenters. The van der Waals surface area contributed by atoms with Crippen molar-refractivity contribution in [3.05, 3.63) is 54.4 Å². The molecule has 102 valence electrons. The molecule has 0 saturated carbocycles. The van der Waals surface area contributed by atoms with Crippen LogP contribution in [0.2, 0.25) is 0 Å². The van der Waals surface area contributed by atoms with Crippen molar-refractivity contribution in [3.8, 4) is 0 Å². The normalized spacial score (nSPS) is 12.7. The van der Waals surface area contributed by atoms with Gasteiger partial charge >= 0.3 is 0 Å². The lowest BCUT2D eigenvalue weighted by molar-refractivity contribution is 0.545. The highest BCUT2D eigenvalue weighted by molar-refractivity contribution is 5.84. The summed E-state index contributed by atoms with van der Waals surface area (Å²) in [5.74, 6) is 0.944. The summed E-state index contributed by atoms with van der Waals surface area (Å²) in [5, 5.41) is 9.83. The summed E-state index contributed by atoms with van der Waals surface area (Å²) in [5.41, 5.74) is 1.05. The third-order valence-corrected chi connectivity index (χ3v) is 3.57. The third kappa shape index (κ3) is 2.28. The molecule has 1 aromatic carbocycles.